The molecule has 1 rings (SSSR count). The van der Waals surface area contributed by atoms with Gasteiger partial charge in [0.1, 0.15) is 0 Å². The van der Waals surface area contributed by atoms with Crippen molar-refractivity contribution < 1.29 is 13.2 Å². The highest BCUT2D eigenvalue weighted by atomic mass is 19.4. The molecule has 0 bridgehead atoms. The van der Waals surface area contributed by atoms with Crippen LogP contribution in [0.1, 0.15) is 44.4 Å². The second-order valence-electron chi connectivity index (χ2n) is 5.27. The normalized spacial score (nSPS) is 13.8. The number of alkyl halides is 3. The van der Waals surface area contributed by atoms with Gasteiger partial charge in [-0.2, -0.15) is 13.2 Å². The highest BCUT2D eigenvalue weighted by Crippen LogP contribution is 2.29. The van der Waals surface area contributed by atoms with Gasteiger partial charge >= 0.3 is 6.18 Å². The van der Waals surface area contributed by atoms with Crippen LogP contribution in [0.5, 0.6) is 0 Å². The van der Waals surface area contributed by atoms with Gasteiger partial charge in [0.2, 0.25) is 0 Å². The number of rotatable bonds is 6. The summed E-state index contributed by atoms with van der Waals surface area (Å²) in [4.78, 5) is 0. The van der Waals surface area contributed by atoms with E-state index in [0.29, 0.717) is 18.0 Å². The maximum Gasteiger partial charge on any atom is 0.390 e. The molecule has 0 aliphatic rings. The van der Waals surface area contributed by atoms with E-state index in [1.807, 2.05) is 19.1 Å². The number of halogens is 3. The fourth-order valence-electron chi connectivity index (χ4n) is 2.14. The van der Waals surface area contributed by atoms with Gasteiger partial charge in [0.25, 0.3) is 0 Å². The first-order valence-corrected chi connectivity index (χ1v) is 6.70. The third-order valence-corrected chi connectivity index (χ3v) is 2.91. The van der Waals surface area contributed by atoms with Gasteiger partial charge in [-0.1, -0.05) is 45.0 Å². The molecule has 1 aromatic carbocycles. The van der Waals surface area contributed by atoms with Crippen molar-refractivity contribution in [3.8, 4) is 0 Å². The predicted molar refractivity (Wildman–Crippen MR) is 72.1 cm³/mol. The molecule has 1 nitrogen and oxygen atoms in total. The summed E-state index contributed by atoms with van der Waals surface area (Å²) in [6.07, 6.45) is -4.03. The molecule has 0 aliphatic carbocycles. The first-order chi connectivity index (χ1) is 8.81. The zero-order valence-electron chi connectivity index (χ0n) is 11.7. The van der Waals surface area contributed by atoms with Crippen molar-refractivity contribution >= 4 is 0 Å². The van der Waals surface area contributed by atoms with E-state index in [4.69, 9.17) is 0 Å². The van der Waals surface area contributed by atoms with Crippen molar-refractivity contribution in [1.82, 2.24) is 5.32 Å². The molecule has 108 valence electrons. The van der Waals surface area contributed by atoms with Gasteiger partial charge in [0.05, 0.1) is 6.42 Å². The molecule has 4 heteroatoms. The highest BCUT2D eigenvalue weighted by molar-refractivity contribution is 5.25. The van der Waals surface area contributed by atoms with Gasteiger partial charge in [0.15, 0.2) is 0 Å². The summed E-state index contributed by atoms with van der Waals surface area (Å²) in [6, 6.07) is 6.80. The van der Waals surface area contributed by atoms with Crippen LogP contribution in [0.15, 0.2) is 24.3 Å². The predicted octanol–water partition coefficient (Wildman–Crippen LogP) is 4.49. The summed E-state index contributed by atoms with van der Waals surface area (Å²) in [5.74, 6) is 0.547. The Morgan fingerprint density at radius 1 is 1.11 bits per heavy atom. The lowest BCUT2D eigenvalue weighted by molar-refractivity contribution is -0.140. The van der Waals surface area contributed by atoms with E-state index in [2.05, 4.69) is 19.2 Å². The van der Waals surface area contributed by atoms with E-state index in [1.54, 1.807) is 12.1 Å². The van der Waals surface area contributed by atoms with E-state index in [1.165, 1.54) is 5.56 Å². The molecule has 0 aliphatic heterocycles. The molecule has 0 heterocycles. The third-order valence-electron chi connectivity index (χ3n) is 2.91. The Morgan fingerprint density at radius 3 is 2.11 bits per heavy atom. The van der Waals surface area contributed by atoms with Gasteiger partial charge in [0, 0.05) is 6.04 Å². The Balaban J connectivity index is 2.79. The molecular weight excluding hydrogens is 251 g/mol. The molecule has 1 atom stereocenters. The number of benzene rings is 1. The van der Waals surface area contributed by atoms with Crippen molar-refractivity contribution in [1.29, 1.82) is 0 Å². The molecule has 0 amide bonds. The number of hydrogen-bond donors (Lipinski definition) is 1. The van der Waals surface area contributed by atoms with Crippen LogP contribution in [0.25, 0.3) is 0 Å². The summed E-state index contributed by atoms with van der Waals surface area (Å²) in [5, 5.41) is 2.90. The standard InChI is InChI=1S/C15H22F3N/c1-4-19-14(10-15(16,17)18)13-7-5-12(6-8-13)9-11(2)3/h5-8,11,14,19H,4,9-10H2,1-3H3. The molecule has 1 N–H and O–H groups in total. The molecule has 0 spiro atoms. The molecular formula is C15H22F3N. The van der Waals surface area contributed by atoms with Crippen molar-refractivity contribution in [2.75, 3.05) is 6.54 Å². The Bertz CT molecular complexity index is 368. The van der Waals surface area contributed by atoms with Crippen LogP contribution in [0.3, 0.4) is 0 Å². The summed E-state index contributed by atoms with van der Waals surface area (Å²) >= 11 is 0. The van der Waals surface area contributed by atoms with Crippen molar-refractivity contribution in [2.45, 2.75) is 45.8 Å². The molecule has 0 aromatic heterocycles. The number of hydrogen-bond acceptors (Lipinski definition) is 1. The van der Waals surface area contributed by atoms with E-state index in [0.717, 1.165) is 6.42 Å². The van der Waals surface area contributed by atoms with Gasteiger partial charge < -0.3 is 5.32 Å². The van der Waals surface area contributed by atoms with Gasteiger partial charge in [-0.3, -0.25) is 0 Å². The van der Waals surface area contributed by atoms with Crippen LogP contribution in [0, 0.1) is 5.92 Å². The Labute approximate surface area is 113 Å². The minimum Gasteiger partial charge on any atom is -0.310 e. The van der Waals surface area contributed by atoms with E-state index < -0.39 is 18.6 Å². The van der Waals surface area contributed by atoms with Crippen LogP contribution in [-0.4, -0.2) is 12.7 Å². The Morgan fingerprint density at radius 2 is 1.68 bits per heavy atom. The zero-order valence-corrected chi connectivity index (χ0v) is 11.7. The largest absolute Gasteiger partial charge is 0.390 e. The van der Waals surface area contributed by atoms with Crippen LogP contribution >= 0.6 is 0 Å². The van der Waals surface area contributed by atoms with Crippen LogP contribution in [0.4, 0.5) is 13.2 Å². The lowest BCUT2D eigenvalue weighted by atomic mass is 9.98. The molecule has 0 saturated heterocycles. The molecule has 1 unspecified atom stereocenters. The summed E-state index contributed by atoms with van der Waals surface area (Å²) in [7, 11) is 0. The SMILES string of the molecule is CCNC(CC(F)(F)F)c1ccc(CC(C)C)cc1. The highest BCUT2D eigenvalue weighted by Gasteiger charge is 2.32. The van der Waals surface area contributed by atoms with Gasteiger partial charge in [-0.15, -0.1) is 0 Å². The molecule has 1 aromatic rings. The molecule has 19 heavy (non-hydrogen) atoms. The molecule has 0 radical (unpaired) electrons. The van der Waals surface area contributed by atoms with Crippen LogP contribution in [-0.2, 0) is 6.42 Å². The fourth-order valence-corrected chi connectivity index (χ4v) is 2.14. The van der Waals surface area contributed by atoms with Crippen molar-refractivity contribution in [3.63, 3.8) is 0 Å². The number of nitrogens with one attached hydrogen (secondary N) is 1. The summed E-state index contributed by atoms with van der Waals surface area (Å²) < 4.78 is 37.6. The Kier molecular flexibility index (Phi) is 5.85. The van der Waals surface area contributed by atoms with Crippen LogP contribution < -0.4 is 5.32 Å². The minimum absolute atomic E-state index is 0.522. The smallest absolute Gasteiger partial charge is 0.310 e. The topological polar surface area (TPSA) is 12.0 Å². The molecule has 0 saturated carbocycles. The van der Waals surface area contributed by atoms with Gasteiger partial charge in [-0.25, -0.2) is 0 Å². The maximum atomic E-state index is 12.5. The zero-order chi connectivity index (χ0) is 14.5. The summed E-state index contributed by atoms with van der Waals surface area (Å²) in [5.41, 5.74) is 1.87. The van der Waals surface area contributed by atoms with E-state index in [-0.39, 0.29) is 0 Å². The quantitative estimate of drug-likeness (QED) is 0.805. The first kappa shape index (κ1) is 16.0. The second-order valence-corrected chi connectivity index (χ2v) is 5.27. The van der Waals surface area contributed by atoms with Gasteiger partial charge in [-0.05, 0) is 30.0 Å². The third kappa shape index (κ3) is 6.10. The molecule has 0 fully saturated rings. The first-order valence-electron chi connectivity index (χ1n) is 6.70. The lowest BCUT2D eigenvalue weighted by Crippen LogP contribution is -2.26. The maximum absolute atomic E-state index is 12.5. The lowest BCUT2D eigenvalue weighted by Gasteiger charge is -2.20. The monoisotopic (exact) mass is 273 g/mol. The van der Waals surface area contributed by atoms with Crippen molar-refractivity contribution in [3.05, 3.63) is 35.4 Å². The van der Waals surface area contributed by atoms with E-state index in [9.17, 15) is 13.2 Å². The van der Waals surface area contributed by atoms with Crippen LogP contribution in [0.2, 0.25) is 0 Å². The Hall–Kier alpha value is -1.03. The average Bonchev–Trinajstić information content (AvgIpc) is 2.27. The fraction of sp³-hybridized carbons (Fsp3) is 0.600. The van der Waals surface area contributed by atoms with E-state index >= 15 is 0 Å². The minimum atomic E-state index is -4.15. The average molecular weight is 273 g/mol. The second kappa shape index (κ2) is 6.94. The van der Waals surface area contributed by atoms with Crippen molar-refractivity contribution in [2.24, 2.45) is 5.92 Å². The summed E-state index contributed by atoms with van der Waals surface area (Å²) in [6.45, 7) is 6.59.